The van der Waals surface area contributed by atoms with Gasteiger partial charge in [0.15, 0.2) is 12.4 Å². The SMILES string of the molecule is CS(=O)(=O)O[C@H]1[C@H](O)[C@@H](O)CO[C@H]1O. The molecule has 7 nitrogen and oxygen atoms in total. The lowest BCUT2D eigenvalue weighted by molar-refractivity contribution is -0.243. The first-order valence-electron chi connectivity index (χ1n) is 3.85. The maximum absolute atomic E-state index is 10.7. The highest BCUT2D eigenvalue weighted by Gasteiger charge is 2.40. The summed E-state index contributed by atoms with van der Waals surface area (Å²) in [5.74, 6) is 0. The van der Waals surface area contributed by atoms with Gasteiger partial charge in [0.05, 0.1) is 12.9 Å². The van der Waals surface area contributed by atoms with Gasteiger partial charge in [0, 0.05) is 0 Å². The van der Waals surface area contributed by atoms with E-state index in [0.717, 1.165) is 6.26 Å². The van der Waals surface area contributed by atoms with E-state index in [4.69, 9.17) is 10.2 Å². The summed E-state index contributed by atoms with van der Waals surface area (Å²) in [5.41, 5.74) is 0. The lowest BCUT2D eigenvalue weighted by atomic mass is 10.1. The molecule has 0 amide bonds. The van der Waals surface area contributed by atoms with Crippen molar-refractivity contribution >= 4 is 10.1 Å². The number of hydrogen-bond acceptors (Lipinski definition) is 7. The van der Waals surface area contributed by atoms with Gasteiger partial charge in [-0.1, -0.05) is 0 Å². The Morgan fingerprint density at radius 1 is 1.36 bits per heavy atom. The second-order valence-corrected chi connectivity index (χ2v) is 4.65. The fraction of sp³-hybridized carbons (Fsp3) is 1.00. The third-order valence-corrected chi connectivity index (χ3v) is 2.31. The largest absolute Gasteiger partial charge is 0.388 e. The van der Waals surface area contributed by atoms with Crippen molar-refractivity contribution in [3.05, 3.63) is 0 Å². The van der Waals surface area contributed by atoms with Crippen molar-refractivity contribution in [3.8, 4) is 0 Å². The molecule has 0 spiro atoms. The molecule has 0 aliphatic carbocycles. The predicted molar refractivity (Wildman–Crippen MR) is 43.7 cm³/mol. The fourth-order valence-corrected chi connectivity index (χ4v) is 1.70. The summed E-state index contributed by atoms with van der Waals surface area (Å²) in [5, 5.41) is 27.5. The summed E-state index contributed by atoms with van der Waals surface area (Å²) >= 11 is 0. The van der Waals surface area contributed by atoms with Gasteiger partial charge in [-0.3, -0.25) is 4.18 Å². The van der Waals surface area contributed by atoms with Crippen molar-refractivity contribution in [3.63, 3.8) is 0 Å². The Morgan fingerprint density at radius 2 is 1.93 bits per heavy atom. The van der Waals surface area contributed by atoms with Crippen LogP contribution in [0, 0.1) is 0 Å². The molecule has 1 fully saturated rings. The summed E-state index contributed by atoms with van der Waals surface area (Å²) in [6.45, 7) is -0.272. The summed E-state index contributed by atoms with van der Waals surface area (Å²) in [6, 6.07) is 0. The van der Waals surface area contributed by atoms with Crippen molar-refractivity contribution in [2.45, 2.75) is 24.6 Å². The molecular weight excluding hydrogens is 216 g/mol. The molecule has 84 valence electrons. The Morgan fingerprint density at radius 3 is 2.43 bits per heavy atom. The average molecular weight is 228 g/mol. The Kier molecular flexibility index (Phi) is 3.45. The van der Waals surface area contributed by atoms with Crippen molar-refractivity contribution in [2.24, 2.45) is 0 Å². The van der Waals surface area contributed by atoms with E-state index < -0.39 is 34.7 Å². The van der Waals surface area contributed by atoms with E-state index in [0.29, 0.717) is 0 Å². The lowest BCUT2D eigenvalue weighted by Gasteiger charge is -2.34. The predicted octanol–water partition coefficient (Wildman–Crippen LogP) is -2.60. The van der Waals surface area contributed by atoms with Crippen molar-refractivity contribution in [1.29, 1.82) is 0 Å². The van der Waals surface area contributed by atoms with Gasteiger partial charge < -0.3 is 20.1 Å². The highest BCUT2D eigenvalue weighted by atomic mass is 32.2. The van der Waals surface area contributed by atoms with Crippen LogP contribution < -0.4 is 0 Å². The fourth-order valence-electron chi connectivity index (χ4n) is 1.08. The Labute approximate surface area is 81.0 Å². The molecule has 1 heterocycles. The van der Waals surface area contributed by atoms with Gasteiger partial charge in [-0.25, -0.2) is 0 Å². The first-order valence-corrected chi connectivity index (χ1v) is 5.67. The van der Waals surface area contributed by atoms with Crippen LogP contribution in [0.1, 0.15) is 0 Å². The van der Waals surface area contributed by atoms with Crippen LogP contribution in [0.4, 0.5) is 0 Å². The molecular formula is C6H12O7S. The van der Waals surface area contributed by atoms with Gasteiger partial charge in [0.25, 0.3) is 10.1 Å². The Balaban J connectivity index is 2.73. The third kappa shape index (κ3) is 2.87. The number of aliphatic hydroxyl groups is 3. The highest BCUT2D eigenvalue weighted by molar-refractivity contribution is 7.86. The van der Waals surface area contributed by atoms with E-state index in [1.807, 2.05) is 0 Å². The van der Waals surface area contributed by atoms with Gasteiger partial charge in [-0.05, 0) is 0 Å². The molecule has 1 rings (SSSR count). The summed E-state index contributed by atoms with van der Waals surface area (Å²) in [7, 11) is -3.82. The smallest absolute Gasteiger partial charge is 0.264 e. The maximum Gasteiger partial charge on any atom is 0.264 e. The Bertz CT molecular complexity index is 287. The molecule has 1 saturated heterocycles. The van der Waals surface area contributed by atoms with E-state index in [2.05, 4.69) is 8.92 Å². The number of rotatable bonds is 2. The number of ether oxygens (including phenoxy) is 1. The molecule has 0 bridgehead atoms. The van der Waals surface area contributed by atoms with Crippen LogP contribution in [0.25, 0.3) is 0 Å². The lowest BCUT2D eigenvalue weighted by Crippen LogP contribution is -2.54. The van der Waals surface area contributed by atoms with Crippen LogP contribution in [-0.4, -0.2) is 61.2 Å². The Hall–Kier alpha value is -0.250. The third-order valence-electron chi connectivity index (χ3n) is 1.74. The minimum atomic E-state index is -3.82. The molecule has 1 aliphatic heterocycles. The summed E-state index contributed by atoms with van der Waals surface area (Å²) in [4.78, 5) is 0. The standard InChI is InChI=1S/C6H12O7S/c1-14(10,11)13-5-4(8)3(7)2-12-6(5)9/h3-9H,2H2,1H3/t3-,4+,5-,6+/m0/s1. The van der Waals surface area contributed by atoms with Crippen LogP contribution in [0.15, 0.2) is 0 Å². The van der Waals surface area contributed by atoms with Crippen molar-refractivity contribution in [1.82, 2.24) is 0 Å². The molecule has 4 atom stereocenters. The molecule has 0 saturated carbocycles. The highest BCUT2D eigenvalue weighted by Crippen LogP contribution is 2.18. The molecule has 0 aromatic heterocycles. The zero-order chi connectivity index (χ0) is 10.9. The molecule has 0 radical (unpaired) electrons. The molecule has 3 N–H and O–H groups in total. The van der Waals surface area contributed by atoms with E-state index in [1.165, 1.54) is 0 Å². The molecule has 0 unspecified atom stereocenters. The molecule has 1 aliphatic rings. The number of aliphatic hydroxyl groups excluding tert-OH is 3. The quantitative estimate of drug-likeness (QED) is 0.444. The topological polar surface area (TPSA) is 113 Å². The zero-order valence-corrected chi connectivity index (χ0v) is 8.22. The summed E-state index contributed by atoms with van der Waals surface area (Å²) in [6.07, 6.45) is -5.05. The first-order chi connectivity index (χ1) is 6.31. The van der Waals surface area contributed by atoms with Crippen LogP contribution >= 0.6 is 0 Å². The summed E-state index contributed by atoms with van der Waals surface area (Å²) < 4.78 is 30.4. The monoisotopic (exact) mass is 228 g/mol. The molecule has 8 heteroatoms. The minimum Gasteiger partial charge on any atom is -0.388 e. The second-order valence-electron chi connectivity index (χ2n) is 3.05. The van der Waals surface area contributed by atoms with E-state index in [-0.39, 0.29) is 6.61 Å². The van der Waals surface area contributed by atoms with E-state index >= 15 is 0 Å². The molecule has 0 aromatic rings. The van der Waals surface area contributed by atoms with Gasteiger partial charge in [-0.2, -0.15) is 8.42 Å². The van der Waals surface area contributed by atoms with Gasteiger partial charge in [0.2, 0.25) is 0 Å². The van der Waals surface area contributed by atoms with E-state index in [9.17, 15) is 13.5 Å². The van der Waals surface area contributed by atoms with Gasteiger partial charge in [-0.15, -0.1) is 0 Å². The van der Waals surface area contributed by atoms with Crippen molar-refractivity contribution in [2.75, 3.05) is 12.9 Å². The van der Waals surface area contributed by atoms with Crippen LogP contribution in [0.2, 0.25) is 0 Å². The van der Waals surface area contributed by atoms with E-state index in [1.54, 1.807) is 0 Å². The maximum atomic E-state index is 10.7. The van der Waals surface area contributed by atoms with Crippen LogP contribution in [-0.2, 0) is 19.0 Å². The van der Waals surface area contributed by atoms with Gasteiger partial charge >= 0.3 is 0 Å². The van der Waals surface area contributed by atoms with Crippen LogP contribution in [0.5, 0.6) is 0 Å². The van der Waals surface area contributed by atoms with Crippen molar-refractivity contribution < 1.29 is 32.7 Å². The number of hydrogen-bond donors (Lipinski definition) is 3. The van der Waals surface area contributed by atoms with Gasteiger partial charge in [0.1, 0.15) is 12.2 Å². The average Bonchev–Trinajstić information content (AvgIpc) is 2.04. The van der Waals surface area contributed by atoms with Crippen LogP contribution in [0.3, 0.4) is 0 Å². The second kappa shape index (κ2) is 4.09. The first kappa shape index (κ1) is 11.8. The molecule has 14 heavy (non-hydrogen) atoms. The zero-order valence-electron chi connectivity index (χ0n) is 7.40. The minimum absolute atomic E-state index is 0.272. The molecule has 0 aromatic carbocycles. The normalized spacial score (nSPS) is 39.7.